The molecule has 0 amide bonds. The van der Waals surface area contributed by atoms with Crippen LogP contribution in [0.3, 0.4) is 0 Å². The molecule has 188 valence electrons. The van der Waals surface area contributed by atoms with E-state index in [0.29, 0.717) is 18.7 Å². The van der Waals surface area contributed by atoms with E-state index in [2.05, 4.69) is 9.71 Å². The Hall–Kier alpha value is -2.41. The lowest BCUT2D eigenvalue weighted by atomic mass is 10.0. The second-order valence-corrected chi connectivity index (χ2v) is 10.7. The third-order valence-corrected chi connectivity index (χ3v) is 7.65. The smallest absolute Gasteiger partial charge is 0.266 e. The maximum atomic E-state index is 14.9. The Bertz CT molecular complexity index is 1280. The first-order chi connectivity index (χ1) is 16.6. The van der Waals surface area contributed by atoms with E-state index in [1.807, 2.05) is 0 Å². The van der Waals surface area contributed by atoms with E-state index in [9.17, 15) is 26.0 Å². The Morgan fingerprint density at radius 3 is 2.77 bits per heavy atom. The largest absolute Gasteiger partial charge is 0.486 e. The molecule has 2 heterocycles. The molecule has 2 atom stereocenters. The Balaban J connectivity index is 1.41. The van der Waals surface area contributed by atoms with Crippen LogP contribution in [-0.4, -0.2) is 43.7 Å². The fourth-order valence-electron chi connectivity index (χ4n) is 3.73. The molecule has 6 nitrogen and oxygen atoms in total. The number of hydrogen-bond acceptors (Lipinski definition) is 6. The molecule has 1 aromatic heterocycles. The zero-order chi connectivity index (χ0) is 25.2. The van der Waals surface area contributed by atoms with Gasteiger partial charge >= 0.3 is 0 Å². The number of ether oxygens (including phenoxy) is 1. The number of piperidine rings is 1. The van der Waals surface area contributed by atoms with Crippen LogP contribution in [0.25, 0.3) is 0 Å². The van der Waals surface area contributed by atoms with E-state index in [0.717, 1.165) is 23.5 Å². The van der Waals surface area contributed by atoms with E-state index in [1.54, 1.807) is 11.0 Å². The summed E-state index contributed by atoms with van der Waals surface area (Å²) in [4.78, 5) is 4.88. The van der Waals surface area contributed by atoms with Crippen LogP contribution in [0.5, 0.6) is 5.75 Å². The number of rotatable bonds is 8. The first-order valence-electron chi connectivity index (χ1n) is 10.4. The van der Waals surface area contributed by atoms with Gasteiger partial charge in [0.25, 0.3) is 16.4 Å². The van der Waals surface area contributed by atoms with Crippen molar-refractivity contribution >= 4 is 38.8 Å². The molecule has 1 aliphatic heterocycles. The Morgan fingerprint density at radius 2 is 2.09 bits per heavy atom. The molecule has 0 unspecified atom stereocenters. The minimum Gasteiger partial charge on any atom is -0.486 e. The predicted octanol–water partition coefficient (Wildman–Crippen LogP) is 5.67. The highest BCUT2D eigenvalue weighted by molar-refractivity contribution is 7.92. The molecule has 1 N–H and O–H groups in total. The van der Waals surface area contributed by atoms with Gasteiger partial charge in [0.2, 0.25) is 0 Å². The lowest BCUT2D eigenvalue weighted by Crippen LogP contribution is -2.46. The monoisotopic (exact) mass is 549 g/mol. The minimum absolute atomic E-state index is 0.0201. The number of halogens is 5. The predicted molar refractivity (Wildman–Crippen MR) is 125 cm³/mol. The summed E-state index contributed by atoms with van der Waals surface area (Å²) in [5, 5.41) is 1.25. The lowest BCUT2D eigenvalue weighted by molar-refractivity contribution is 0.0189. The second-order valence-electron chi connectivity index (χ2n) is 7.93. The van der Waals surface area contributed by atoms with Gasteiger partial charge in [-0.2, -0.15) is 0 Å². The van der Waals surface area contributed by atoms with Crippen molar-refractivity contribution in [2.75, 3.05) is 17.8 Å². The highest BCUT2D eigenvalue weighted by atomic mass is 35.5. The van der Waals surface area contributed by atoms with Crippen molar-refractivity contribution in [2.45, 2.75) is 36.6 Å². The van der Waals surface area contributed by atoms with Gasteiger partial charge in [0, 0.05) is 36.6 Å². The summed E-state index contributed by atoms with van der Waals surface area (Å²) in [6.07, 6.45) is -4.75. The molecule has 0 bridgehead atoms. The molecule has 35 heavy (non-hydrogen) atoms. The summed E-state index contributed by atoms with van der Waals surface area (Å²) in [7, 11) is -4.29. The van der Waals surface area contributed by atoms with Crippen LogP contribution >= 0.6 is 22.9 Å². The fraction of sp³-hybridized carbons (Fsp3) is 0.318. The number of nitrogens with one attached hydrogen (secondary N) is 1. The molecular weight excluding hydrogens is 530 g/mol. The Labute approximate surface area is 208 Å². The molecule has 1 aliphatic rings. The number of hydrogen-bond donors (Lipinski definition) is 1. The van der Waals surface area contributed by atoms with Crippen molar-refractivity contribution in [2.24, 2.45) is 0 Å². The van der Waals surface area contributed by atoms with Crippen molar-refractivity contribution in [3.05, 3.63) is 69.3 Å². The number of nitrogens with zero attached hydrogens (tertiary/aromatic N) is 2. The highest BCUT2D eigenvalue weighted by Gasteiger charge is 2.32. The highest BCUT2D eigenvalue weighted by Crippen LogP contribution is 2.33. The van der Waals surface area contributed by atoms with Crippen LogP contribution in [0, 0.1) is 5.82 Å². The summed E-state index contributed by atoms with van der Waals surface area (Å²) < 4.78 is 88.1. The van der Waals surface area contributed by atoms with Gasteiger partial charge in [-0.25, -0.2) is 31.0 Å². The molecule has 3 aromatic rings. The van der Waals surface area contributed by atoms with Crippen LogP contribution in [0.2, 0.25) is 5.02 Å². The van der Waals surface area contributed by atoms with Gasteiger partial charge in [0.15, 0.2) is 5.82 Å². The topological polar surface area (TPSA) is 71.5 Å². The van der Waals surface area contributed by atoms with Gasteiger partial charge in [-0.05, 0) is 24.1 Å². The maximum absolute atomic E-state index is 14.9. The van der Waals surface area contributed by atoms with Crippen molar-refractivity contribution in [1.82, 2.24) is 9.88 Å². The Kier molecular flexibility index (Phi) is 7.84. The summed E-state index contributed by atoms with van der Waals surface area (Å²) in [6.45, 7) is 0.684. The zero-order valence-corrected chi connectivity index (χ0v) is 20.4. The number of sulfonamides is 1. The number of thiazole rings is 1. The number of anilines is 1. The molecule has 2 aromatic carbocycles. The lowest BCUT2D eigenvalue weighted by Gasteiger charge is -2.35. The molecule has 4 rings (SSSR count). The van der Waals surface area contributed by atoms with Crippen LogP contribution < -0.4 is 9.46 Å². The average Bonchev–Trinajstić information content (AvgIpc) is 3.30. The van der Waals surface area contributed by atoms with Crippen LogP contribution in [-0.2, 0) is 16.6 Å². The maximum Gasteiger partial charge on any atom is 0.266 e. The van der Waals surface area contributed by atoms with Crippen molar-refractivity contribution in [3.63, 3.8) is 0 Å². The van der Waals surface area contributed by atoms with Crippen molar-refractivity contribution in [3.8, 4) is 5.75 Å². The number of aromatic nitrogens is 1. The molecule has 0 radical (unpaired) electrons. The molecule has 13 heteroatoms. The molecule has 0 aliphatic carbocycles. The van der Waals surface area contributed by atoms with E-state index < -0.39 is 39.4 Å². The summed E-state index contributed by atoms with van der Waals surface area (Å²) in [5.41, 5.74) is 1.96. The molecular formula is C22H20ClF4N3O3S2. The van der Waals surface area contributed by atoms with Crippen molar-refractivity contribution in [1.29, 1.82) is 0 Å². The van der Waals surface area contributed by atoms with Crippen molar-refractivity contribution < 1.29 is 30.7 Å². The minimum atomic E-state index is -4.29. The quantitative estimate of drug-likeness (QED) is 0.367. The van der Waals surface area contributed by atoms with Crippen LogP contribution in [0.1, 0.15) is 24.0 Å². The fourth-order valence-corrected chi connectivity index (χ4v) is 5.65. The first-order valence-corrected chi connectivity index (χ1v) is 13.2. The molecule has 1 saturated heterocycles. The van der Waals surface area contributed by atoms with Crippen LogP contribution in [0.4, 0.5) is 23.4 Å². The number of benzene rings is 2. The Morgan fingerprint density at radius 1 is 1.29 bits per heavy atom. The second kappa shape index (κ2) is 10.7. The van der Waals surface area contributed by atoms with E-state index in [4.69, 9.17) is 16.3 Å². The SMILES string of the molecule is O=S(=O)(Nc1cscn1)c1cc(Cl)c(O[C@H]2CCN(Cc3cccc(C(F)F)c3)C[C@@H]2F)cc1F. The average molecular weight is 550 g/mol. The summed E-state index contributed by atoms with van der Waals surface area (Å²) in [5.74, 6) is -1.25. The molecule has 0 saturated carbocycles. The summed E-state index contributed by atoms with van der Waals surface area (Å²) in [6, 6.07) is 7.67. The molecule has 1 fully saturated rings. The third-order valence-electron chi connectivity index (χ3n) is 5.40. The van der Waals surface area contributed by atoms with Gasteiger partial charge < -0.3 is 4.74 Å². The number of likely N-dealkylation sites (tertiary alicyclic amines) is 1. The van der Waals surface area contributed by atoms with Gasteiger partial charge in [0.05, 0.1) is 10.5 Å². The zero-order valence-electron chi connectivity index (χ0n) is 18.0. The van der Waals surface area contributed by atoms with Gasteiger partial charge in [-0.1, -0.05) is 29.8 Å². The van der Waals surface area contributed by atoms with E-state index >= 15 is 0 Å². The van der Waals surface area contributed by atoms with Crippen LogP contribution in [0.15, 0.2) is 52.2 Å². The summed E-state index contributed by atoms with van der Waals surface area (Å²) >= 11 is 7.30. The van der Waals surface area contributed by atoms with Gasteiger partial charge in [0.1, 0.15) is 28.7 Å². The standard InChI is InChI=1S/C22H20ClF4N3O3S2/c23-15-7-20(35(31,32)29-21-11-34-12-28-21)16(24)8-19(15)33-18-4-5-30(10-17(18)25)9-13-2-1-3-14(6-13)22(26)27/h1-3,6-8,11-12,17-18,22,29H,4-5,9-10H2/t17-,18-/m0/s1. The van der Waals surface area contributed by atoms with E-state index in [-0.39, 0.29) is 35.1 Å². The normalized spacial score (nSPS) is 19.1. The first kappa shape index (κ1) is 25.7. The third kappa shape index (κ3) is 6.24. The van der Waals surface area contributed by atoms with E-state index in [1.165, 1.54) is 29.1 Å². The van der Waals surface area contributed by atoms with Gasteiger partial charge in [-0.15, -0.1) is 11.3 Å². The van der Waals surface area contributed by atoms with Gasteiger partial charge in [-0.3, -0.25) is 9.62 Å². The number of alkyl halides is 3. The molecule has 0 spiro atoms.